The van der Waals surface area contributed by atoms with Crippen molar-refractivity contribution in [1.29, 1.82) is 0 Å². The number of esters is 1. The summed E-state index contributed by atoms with van der Waals surface area (Å²) in [5.41, 5.74) is 0.969. The van der Waals surface area contributed by atoms with Crippen molar-refractivity contribution < 1.29 is 14.3 Å². The standard InChI is InChI=1S/C12H11BrN2O3S/c1-3-17-11(16)10-14-15-12(19-10)18-9-6-8(13)5-4-7(9)2/h4-6H,3H2,1-2H3. The SMILES string of the molecule is CCOC(=O)c1nnc(Oc2cc(Br)ccc2C)s1. The molecule has 0 aliphatic heterocycles. The van der Waals surface area contributed by atoms with Crippen molar-refractivity contribution in [2.45, 2.75) is 13.8 Å². The van der Waals surface area contributed by atoms with Gasteiger partial charge in [0, 0.05) is 4.47 Å². The molecule has 0 saturated heterocycles. The Balaban J connectivity index is 2.15. The van der Waals surface area contributed by atoms with Crippen LogP contribution in [0.5, 0.6) is 10.9 Å². The third kappa shape index (κ3) is 3.51. The lowest BCUT2D eigenvalue weighted by Gasteiger charge is -2.05. The van der Waals surface area contributed by atoms with E-state index in [1.54, 1.807) is 6.92 Å². The molecule has 0 saturated carbocycles. The summed E-state index contributed by atoms with van der Waals surface area (Å²) in [6, 6.07) is 5.68. The largest absolute Gasteiger partial charge is 0.461 e. The highest BCUT2D eigenvalue weighted by molar-refractivity contribution is 9.10. The van der Waals surface area contributed by atoms with E-state index < -0.39 is 5.97 Å². The summed E-state index contributed by atoms with van der Waals surface area (Å²) < 4.78 is 11.4. The Labute approximate surface area is 122 Å². The van der Waals surface area contributed by atoms with Gasteiger partial charge in [-0.2, -0.15) is 0 Å². The number of hydrogen-bond donors (Lipinski definition) is 0. The van der Waals surface area contributed by atoms with Gasteiger partial charge in [0.2, 0.25) is 5.01 Å². The normalized spacial score (nSPS) is 10.3. The average molecular weight is 343 g/mol. The first-order valence-electron chi connectivity index (χ1n) is 5.54. The molecule has 1 heterocycles. The van der Waals surface area contributed by atoms with Crippen molar-refractivity contribution in [3.63, 3.8) is 0 Å². The molecule has 1 aromatic carbocycles. The van der Waals surface area contributed by atoms with Crippen LogP contribution < -0.4 is 4.74 Å². The first-order chi connectivity index (χ1) is 9.10. The zero-order chi connectivity index (χ0) is 13.8. The number of nitrogens with zero attached hydrogens (tertiary/aromatic N) is 2. The van der Waals surface area contributed by atoms with Crippen LogP contribution in [0.3, 0.4) is 0 Å². The molecule has 0 spiro atoms. The Morgan fingerprint density at radius 2 is 2.21 bits per heavy atom. The van der Waals surface area contributed by atoms with Crippen LogP contribution in [0.2, 0.25) is 0 Å². The molecule has 0 bridgehead atoms. The molecule has 7 heteroatoms. The molecule has 0 aliphatic rings. The van der Waals surface area contributed by atoms with Gasteiger partial charge in [0.05, 0.1) is 6.61 Å². The van der Waals surface area contributed by atoms with Crippen molar-refractivity contribution >= 4 is 33.2 Å². The van der Waals surface area contributed by atoms with E-state index in [0.29, 0.717) is 17.6 Å². The van der Waals surface area contributed by atoms with Gasteiger partial charge in [-0.15, -0.1) is 5.10 Å². The van der Waals surface area contributed by atoms with Crippen molar-refractivity contribution in [2.24, 2.45) is 0 Å². The van der Waals surface area contributed by atoms with E-state index in [-0.39, 0.29) is 5.01 Å². The fraction of sp³-hybridized carbons (Fsp3) is 0.250. The molecule has 0 amide bonds. The molecule has 0 N–H and O–H groups in total. The molecule has 5 nitrogen and oxygen atoms in total. The first kappa shape index (κ1) is 14.0. The molecular formula is C12H11BrN2O3S. The highest BCUT2D eigenvalue weighted by Gasteiger charge is 2.15. The molecule has 0 unspecified atom stereocenters. The molecule has 100 valence electrons. The maximum atomic E-state index is 11.5. The van der Waals surface area contributed by atoms with E-state index in [1.807, 2.05) is 25.1 Å². The summed E-state index contributed by atoms with van der Waals surface area (Å²) in [7, 11) is 0. The van der Waals surface area contributed by atoms with Crippen molar-refractivity contribution in [2.75, 3.05) is 6.61 Å². The number of hydrogen-bond acceptors (Lipinski definition) is 6. The van der Waals surface area contributed by atoms with Crippen molar-refractivity contribution in [1.82, 2.24) is 10.2 Å². The number of aromatic nitrogens is 2. The summed E-state index contributed by atoms with van der Waals surface area (Å²) in [6.07, 6.45) is 0. The van der Waals surface area contributed by atoms with Gasteiger partial charge in [0.1, 0.15) is 5.75 Å². The number of halogens is 1. The second kappa shape index (κ2) is 6.12. The van der Waals surface area contributed by atoms with E-state index >= 15 is 0 Å². The fourth-order valence-electron chi connectivity index (χ4n) is 1.30. The molecule has 0 atom stereocenters. The Morgan fingerprint density at radius 1 is 1.42 bits per heavy atom. The van der Waals surface area contributed by atoms with Crippen molar-refractivity contribution in [3.8, 4) is 10.9 Å². The quantitative estimate of drug-likeness (QED) is 0.794. The molecule has 0 fully saturated rings. The fourth-order valence-corrected chi connectivity index (χ4v) is 2.25. The van der Waals surface area contributed by atoms with Gasteiger partial charge in [-0.1, -0.05) is 27.1 Å². The second-order valence-corrected chi connectivity index (χ2v) is 5.46. The van der Waals surface area contributed by atoms with E-state index in [1.165, 1.54) is 0 Å². The minimum absolute atomic E-state index is 0.185. The van der Waals surface area contributed by atoms with E-state index in [0.717, 1.165) is 21.4 Å². The summed E-state index contributed by atoms with van der Waals surface area (Å²) in [5.74, 6) is 0.182. The monoisotopic (exact) mass is 342 g/mol. The predicted molar refractivity (Wildman–Crippen MR) is 74.8 cm³/mol. The minimum Gasteiger partial charge on any atom is -0.461 e. The molecule has 2 aromatic rings. The van der Waals surface area contributed by atoms with E-state index in [4.69, 9.17) is 9.47 Å². The molecule has 2 rings (SSSR count). The smallest absolute Gasteiger partial charge is 0.369 e. The van der Waals surface area contributed by atoms with Gasteiger partial charge in [-0.05, 0) is 42.9 Å². The summed E-state index contributed by atoms with van der Waals surface area (Å²) in [5, 5.41) is 8.05. The number of benzene rings is 1. The van der Waals surface area contributed by atoms with Crippen LogP contribution in [-0.4, -0.2) is 22.8 Å². The summed E-state index contributed by atoms with van der Waals surface area (Å²) in [4.78, 5) is 11.5. The summed E-state index contributed by atoms with van der Waals surface area (Å²) in [6.45, 7) is 3.97. The van der Waals surface area contributed by atoms with Crippen LogP contribution in [0.25, 0.3) is 0 Å². The van der Waals surface area contributed by atoms with Crippen LogP contribution in [0.1, 0.15) is 22.3 Å². The second-order valence-electron chi connectivity index (χ2n) is 3.61. The Morgan fingerprint density at radius 3 is 2.95 bits per heavy atom. The Bertz CT molecular complexity index is 600. The van der Waals surface area contributed by atoms with Crippen LogP contribution in [-0.2, 0) is 4.74 Å². The van der Waals surface area contributed by atoms with Gasteiger partial charge in [-0.3, -0.25) is 0 Å². The molecule has 0 aliphatic carbocycles. The van der Waals surface area contributed by atoms with Crippen LogP contribution >= 0.6 is 27.3 Å². The van der Waals surface area contributed by atoms with Crippen LogP contribution in [0, 0.1) is 6.92 Å². The first-order valence-corrected chi connectivity index (χ1v) is 7.15. The van der Waals surface area contributed by atoms with Gasteiger partial charge in [0.25, 0.3) is 5.19 Å². The molecule has 19 heavy (non-hydrogen) atoms. The van der Waals surface area contributed by atoms with E-state index in [9.17, 15) is 4.79 Å². The molecule has 1 aromatic heterocycles. The lowest BCUT2D eigenvalue weighted by atomic mass is 10.2. The van der Waals surface area contributed by atoms with Gasteiger partial charge >= 0.3 is 5.97 Å². The molecular weight excluding hydrogens is 332 g/mol. The topological polar surface area (TPSA) is 61.3 Å². The zero-order valence-corrected chi connectivity index (χ0v) is 12.7. The Kier molecular flexibility index (Phi) is 4.49. The average Bonchev–Trinajstić information content (AvgIpc) is 2.83. The zero-order valence-electron chi connectivity index (χ0n) is 10.3. The highest BCUT2D eigenvalue weighted by Crippen LogP contribution is 2.30. The maximum Gasteiger partial charge on any atom is 0.369 e. The van der Waals surface area contributed by atoms with Crippen molar-refractivity contribution in [3.05, 3.63) is 33.2 Å². The predicted octanol–water partition coefficient (Wildman–Crippen LogP) is 3.58. The van der Waals surface area contributed by atoms with Crippen LogP contribution in [0.15, 0.2) is 22.7 Å². The van der Waals surface area contributed by atoms with E-state index in [2.05, 4.69) is 26.1 Å². The number of aryl methyl sites for hydroxylation is 1. The number of rotatable bonds is 4. The molecule has 0 radical (unpaired) electrons. The lowest BCUT2D eigenvalue weighted by molar-refractivity contribution is 0.0525. The highest BCUT2D eigenvalue weighted by atomic mass is 79.9. The number of carbonyl (C=O) groups excluding carboxylic acids is 1. The third-order valence-electron chi connectivity index (χ3n) is 2.20. The summed E-state index contributed by atoms with van der Waals surface area (Å²) >= 11 is 4.43. The van der Waals surface area contributed by atoms with Gasteiger partial charge in [-0.25, -0.2) is 4.79 Å². The maximum absolute atomic E-state index is 11.5. The van der Waals surface area contributed by atoms with Gasteiger partial charge in [0.15, 0.2) is 0 Å². The number of carbonyl (C=O) groups is 1. The Hall–Kier alpha value is -1.47. The third-order valence-corrected chi connectivity index (χ3v) is 3.48. The van der Waals surface area contributed by atoms with Gasteiger partial charge < -0.3 is 9.47 Å². The lowest BCUT2D eigenvalue weighted by Crippen LogP contribution is -2.03. The number of ether oxygens (including phenoxy) is 2. The van der Waals surface area contributed by atoms with Crippen LogP contribution in [0.4, 0.5) is 0 Å². The minimum atomic E-state index is -0.485.